The molecule has 1 amide bonds. The van der Waals surface area contributed by atoms with E-state index in [-0.39, 0.29) is 17.9 Å². The van der Waals surface area contributed by atoms with Crippen LogP contribution in [0.15, 0.2) is 77.2 Å². The number of nitrogens with zero attached hydrogens (tertiary/aromatic N) is 2. The Labute approximate surface area is 166 Å². The normalized spacial score (nSPS) is 18.2. The second-order valence-electron chi connectivity index (χ2n) is 6.49. The highest BCUT2D eigenvalue weighted by Gasteiger charge is 2.46. The van der Waals surface area contributed by atoms with Gasteiger partial charge in [0.2, 0.25) is 0 Å². The first-order valence-electron chi connectivity index (χ1n) is 8.96. The minimum absolute atomic E-state index is 0.0148. The number of carbonyl (C=O) groups is 2. The summed E-state index contributed by atoms with van der Waals surface area (Å²) in [4.78, 5) is 31.3. The lowest BCUT2D eigenvalue weighted by Gasteiger charge is -2.24. The monoisotopic (exact) mass is 390 g/mol. The third-order valence-corrected chi connectivity index (χ3v) is 4.81. The van der Waals surface area contributed by atoms with Gasteiger partial charge in [-0.2, -0.15) is 0 Å². The number of hydrogen-bond acceptors (Lipinski definition) is 6. The number of methoxy groups -OCH3 is 1. The Morgan fingerprint density at radius 1 is 1.17 bits per heavy atom. The molecule has 1 aromatic carbocycles. The summed E-state index contributed by atoms with van der Waals surface area (Å²) >= 11 is 0. The van der Waals surface area contributed by atoms with E-state index in [0.29, 0.717) is 22.6 Å². The summed E-state index contributed by atoms with van der Waals surface area (Å²) in [5.74, 6) is -0.859. The number of amides is 1. The van der Waals surface area contributed by atoms with Crippen molar-refractivity contribution in [3.63, 3.8) is 0 Å². The van der Waals surface area contributed by atoms with Crippen molar-refractivity contribution in [2.45, 2.75) is 12.6 Å². The molecule has 0 radical (unpaired) electrons. The molecule has 7 heteroatoms. The van der Waals surface area contributed by atoms with Crippen LogP contribution in [0.1, 0.15) is 22.9 Å². The van der Waals surface area contributed by atoms with Gasteiger partial charge in [0, 0.05) is 12.4 Å². The van der Waals surface area contributed by atoms with Crippen molar-refractivity contribution in [3.05, 3.63) is 89.6 Å². The van der Waals surface area contributed by atoms with Crippen molar-refractivity contribution >= 4 is 17.4 Å². The van der Waals surface area contributed by atoms with Crippen molar-refractivity contribution < 1.29 is 23.8 Å². The van der Waals surface area contributed by atoms with Crippen LogP contribution in [0.3, 0.4) is 0 Å². The van der Waals surface area contributed by atoms with Gasteiger partial charge in [0.1, 0.15) is 17.3 Å². The maximum absolute atomic E-state index is 12.9. The number of para-hydroxylation sites is 1. The summed E-state index contributed by atoms with van der Waals surface area (Å²) in [5, 5.41) is 11.1. The first-order chi connectivity index (χ1) is 14.1. The second-order valence-corrected chi connectivity index (χ2v) is 6.49. The summed E-state index contributed by atoms with van der Waals surface area (Å²) in [6.07, 6.45) is 4.67. The zero-order valence-electron chi connectivity index (χ0n) is 15.6. The predicted molar refractivity (Wildman–Crippen MR) is 104 cm³/mol. The molecule has 0 spiro atoms. The molecule has 1 N–H and O–H groups in total. The van der Waals surface area contributed by atoms with E-state index >= 15 is 0 Å². The number of rotatable bonds is 5. The van der Waals surface area contributed by atoms with Crippen LogP contribution in [-0.4, -0.2) is 33.8 Å². The summed E-state index contributed by atoms with van der Waals surface area (Å²) < 4.78 is 10.7. The molecule has 1 saturated heterocycles. The highest BCUT2D eigenvalue weighted by atomic mass is 16.5. The van der Waals surface area contributed by atoms with Crippen molar-refractivity contribution in [2.75, 3.05) is 7.11 Å². The Morgan fingerprint density at radius 3 is 2.69 bits per heavy atom. The first-order valence-corrected chi connectivity index (χ1v) is 8.96. The fraction of sp³-hybridized carbons (Fsp3) is 0.136. The molecule has 1 atom stereocenters. The number of Topliss-reactive ketones (excluding diaryl/α,β-unsaturated/α-hetero) is 1. The Balaban J connectivity index is 1.89. The van der Waals surface area contributed by atoms with E-state index in [0.717, 1.165) is 0 Å². The van der Waals surface area contributed by atoms with Gasteiger partial charge in [-0.15, -0.1) is 0 Å². The van der Waals surface area contributed by atoms with Gasteiger partial charge in [-0.05, 0) is 35.9 Å². The number of ketones is 1. The van der Waals surface area contributed by atoms with Gasteiger partial charge in [0.15, 0.2) is 0 Å². The second kappa shape index (κ2) is 7.63. The molecule has 1 aliphatic heterocycles. The Morgan fingerprint density at radius 2 is 2.00 bits per heavy atom. The minimum Gasteiger partial charge on any atom is -0.507 e. The molecular formula is C22H18N2O5. The van der Waals surface area contributed by atoms with Crippen molar-refractivity contribution in [2.24, 2.45) is 0 Å². The van der Waals surface area contributed by atoms with Crippen LogP contribution in [0.2, 0.25) is 0 Å². The lowest BCUT2D eigenvalue weighted by Crippen LogP contribution is -2.29. The molecule has 7 nitrogen and oxygen atoms in total. The smallest absolute Gasteiger partial charge is 0.296 e. The molecule has 2 aromatic heterocycles. The molecule has 146 valence electrons. The van der Waals surface area contributed by atoms with E-state index in [1.807, 2.05) is 0 Å². The van der Waals surface area contributed by atoms with Crippen LogP contribution in [-0.2, 0) is 16.1 Å². The standard InChI is InChI=1S/C22H18N2O5/c1-28-17-9-3-2-8-16(17)20(25)18-19(14-6-4-10-23-12-14)24(22(27)21(18)26)13-15-7-5-11-29-15/h2-12,19,25H,13H2,1H3/b20-18-. The van der Waals surface area contributed by atoms with E-state index in [2.05, 4.69) is 4.98 Å². The van der Waals surface area contributed by atoms with Crippen molar-refractivity contribution in [1.29, 1.82) is 0 Å². The predicted octanol–water partition coefficient (Wildman–Crippen LogP) is 3.31. The molecule has 0 aliphatic carbocycles. The lowest BCUT2D eigenvalue weighted by atomic mass is 9.96. The number of pyridine rings is 1. The van der Waals surface area contributed by atoms with Gasteiger partial charge in [0.05, 0.1) is 37.1 Å². The SMILES string of the molecule is COc1ccccc1/C(O)=C1/C(=O)C(=O)N(Cc2ccco2)C1c1cccnc1. The fourth-order valence-corrected chi connectivity index (χ4v) is 3.48. The van der Waals surface area contributed by atoms with Crippen LogP contribution in [0.5, 0.6) is 5.75 Å². The average Bonchev–Trinajstić information content (AvgIpc) is 3.36. The Hall–Kier alpha value is -3.87. The van der Waals surface area contributed by atoms with E-state index in [4.69, 9.17) is 9.15 Å². The molecule has 4 rings (SSSR count). The Kier molecular flexibility index (Phi) is 4.87. The number of likely N-dealkylation sites (tertiary alicyclic amines) is 1. The number of furan rings is 1. The summed E-state index contributed by atoms with van der Waals surface area (Å²) in [6, 6.07) is 12.9. The quantitative estimate of drug-likeness (QED) is 0.408. The van der Waals surface area contributed by atoms with Crippen molar-refractivity contribution in [3.8, 4) is 5.75 Å². The third-order valence-electron chi connectivity index (χ3n) is 4.81. The fourth-order valence-electron chi connectivity index (χ4n) is 3.48. The van der Waals surface area contributed by atoms with Gasteiger partial charge >= 0.3 is 0 Å². The van der Waals surface area contributed by atoms with E-state index in [1.165, 1.54) is 18.3 Å². The van der Waals surface area contributed by atoms with Crippen LogP contribution < -0.4 is 4.74 Å². The van der Waals surface area contributed by atoms with Crippen LogP contribution in [0.25, 0.3) is 5.76 Å². The average molecular weight is 390 g/mol. The molecule has 1 fully saturated rings. The van der Waals surface area contributed by atoms with Crippen LogP contribution in [0.4, 0.5) is 0 Å². The van der Waals surface area contributed by atoms with Gasteiger partial charge in [-0.1, -0.05) is 18.2 Å². The zero-order chi connectivity index (χ0) is 20.4. The van der Waals surface area contributed by atoms with E-state index < -0.39 is 17.7 Å². The molecule has 1 aliphatic rings. The number of aromatic nitrogens is 1. The molecule has 3 aromatic rings. The molecule has 1 unspecified atom stereocenters. The van der Waals surface area contributed by atoms with E-state index in [9.17, 15) is 14.7 Å². The first kappa shape index (κ1) is 18.5. The van der Waals surface area contributed by atoms with Crippen molar-refractivity contribution in [1.82, 2.24) is 9.88 Å². The maximum atomic E-state index is 12.9. The highest BCUT2D eigenvalue weighted by Crippen LogP contribution is 2.41. The van der Waals surface area contributed by atoms with Gasteiger partial charge in [0.25, 0.3) is 11.7 Å². The summed E-state index contributed by atoms with van der Waals surface area (Å²) in [5.41, 5.74) is 0.925. The molecule has 29 heavy (non-hydrogen) atoms. The van der Waals surface area contributed by atoms with E-state index in [1.54, 1.807) is 60.9 Å². The molecule has 0 saturated carbocycles. The van der Waals surface area contributed by atoms with Gasteiger partial charge in [-0.3, -0.25) is 14.6 Å². The van der Waals surface area contributed by atoms with Crippen LogP contribution in [0, 0.1) is 0 Å². The number of aliphatic hydroxyl groups is 1. The molecule has 0 bridgehead atoms. The number of ether oxygens (including phenoxy) is 1. The Bertz CT molecular complexity index is 1070. The van der Waals surface area contributed by atoms with Gasteiger partial charge in [-0.25, -0.2) is 0 Å². The number of benzene rings is 1. The maximum Gasteiger partial charge on any atom is 0.296 e. The zero-order valence-corrected chi connectivity index (χ0v) is 15.6. The summed E-state index contributed by atoms with van der Waals surface area (Å²) in [6.45, 7) is 0.0832. The van der Waals surface area contributed by atoms with Gasteiger partial charge < -0.3 is 19.2 Å². The highest BCUT2D eigenvalue weighted by molar-refractivity contribution is 6.46. The lowest BCUT2D eigenvalue weighted by molar-refractivity contribution is -0.140. The third kappa shape index (κ3) is 3.27. The largest absolute Gasteiger partial charge is 0.507 e. The number of aliphatic hydroxyl groups excluding tert-OH is 1. The minimum atomic E-state index is -0.807. The summed E-state index contributed by atoms with van der Waals surface area (Å²) in [7, 11) is 1.47. The topological polar surface area (TPSA) is 92.9 Å². The molecular weight excluding hydrogens is 372 g/mol. The number of hydrogen-bond donors (Lipinski definition) is 1. The molecule has 3 heterocycles. The van der Waals surface area contributed by atoms with Crippen LogP contribution >= 0.6 is 0 Å². The number of carbonyl (C=O) groups excluding carboxylic acids is 2.